The zero-order chi connectivity index (χ0) is 13.9. The SMILES string of the molecule is Cc1cccc(C)c1O[C@H](c1ncco1)[C@@H]1CCNC1. The highest BCUT2D eigenvalue weighted by Crippen LogP contribution is 2.34. The molecule has 1 aromatic carbocycles. The van der Waals surface area contributed by atoms with Crippen LogP contribution in [-0.4, -0.2) is 18.1 Å². The summed E-state index contributed by atoms with van der Waals surface area (Å²) in [5.41, 5.74) is 2.29. The average Bonchev–Trinajstić information content (AvgIpc) is 3.12. The number of ether oxygens (including phenoxy) is 1. The van der Waals surface area contributed by atoms with Gasteiger partial charge in [-0.2, -0.15) is 0 Å². The summed E-state index contributed by atoms with van der Waals surface area (Å²) < 4.78 is 11.8. The van der Waals surface area contributed by atoms with E-state index in [1.165, 1.54) is 0 Å². The monoisotopic (exact) mass is 272 g/mol. The summed E-state index contributed by atoms with van der Waals surface area (Å²) in [6.45, 7) is 6.11. The molecule has 0 unspecified atom stereocenters. The first kappa shape index (κ1) is 13.2. The largest absolute Gasteiger partial charge is 0.480 e. The molecular formula is C16H20N2O2. The third kappa shape index (κ3) is 2.56. The highest BCUT2D eigenvalue weighted by Gasteiger charge is 2.31. The third-order valence-corrected chi connectivity index (χ3v) is 3.87. The Bertz CT molecular complexity index is 540. The Labute approximate surface area is 119 Å². The Morgan fingerprint density at radius 1 is 1.35 bits per heavy atom. The van der Waals surface area contributed by atoms with Crippen molar-refractivity contribution in [3.8, 4) is 5.75 Å². The second-order valence-corrected chi connectivity index (χ2v) is 5.38. The lowest BCUT2D eigenvalue weighted by molar-refractivity contribution is 0.112. The quantitative estimate of drug-likeness (QED) is 0.929. The van der Waals surface area contributed by atoms with Gasteiger partial charge in [-0.15, -0.1) is 0 Å². The van der Waals surface area contributed by atoms with Crippen LogP contribution in [0.3, 0.4) is 0 Å². The van der Waals surface area contributed by atoms with Crippen LogP contribution in [0.2, 0.25) is 0 Å². The molecule has 1 aromatic heterocycles. The van der Waals surface area contributed by atoms with Gasteiger partial charge in [0.15, 0.2) is 6.10 Å². The maximum absolute atomic E-state index is 6.31. The molecule has 1 N–H and O–H groups in total. The fourth-order valence-corrected chi connectivity index (χ4v) is 2.77. The molecule has 1 fully saturated rings. The van der Waals surface area contributed by atoms with E-state index < -0.39 is 0 Å². The average molecular weight is 272 g/mol. The number of rotatable bonds is 4. The molecule has 0 aliphatic carbocycles. The van der Waals surface area contributed by atoms with E-state index in [2.05, 4.69) is 42.3 Å². The van der Waals surface area contributed by atoms with E-state index in [1.54, 1.807) is 12.5 Å². The fourth-order valence-electron chi connectivity index (χ4n) is 2.77. The van der Waals surface area contributed by atoms with E-state index in [9.17, 15) is 0 Å². The smallest absolute Gasteiger partial charge is 0.235 e. The summed E-state index contributed by atoms with van der Waals surface area (Å²) >= 11 is 0. The predicted octanol–water partition coefficient (Wildman–Crippen LogP) is 3.02. The number of aryl methyl sites for hydroxylation is 2. The zero-order valence-corrected chi connectivity index (χ0v) is 11.9. The molecule has 0 amide bonds. The standard InChI is InChI=1S/C16H20N2O2/c1-11-4-3-5-12(2)14(11)20-15(13-6-7-17-10-13)16-18-8-9-19-16/h3-5,8-9,13,15,17H,6-7,10H2,1-2H3/t13-,15+/m1/s1. The molecule has 3 rings (SSSR count). The van der Waals surface area contributed by atoms with Gasteiger partial charge in [-0.05, 0) is 37.9 Å². The van der Waals surface area contributed by atoms with Crippen molar-refractivity contribution in [2.24, 2.45) is 5.92 Å². The van der Waals surface area contributed by atoms with Crippen LogP contribution >= 0.6 is 0 Å². The number of para-hydroxylation sites is 1. The van der Waals surface area contributed by atoms with Crippen molar-refractivity contribution in [3.63, 3.8) is 0 Å². The molecule has 20 heavy (non-hydrogen) atoms. The molecular weight excluding hydrogens is 252 g/mol. The summed E-state index contributed by atoms with van der Waals surface area (Å²) in [7, 11) is 0. The third-order valence-electron chi connectivity index (χ3n) is 3.87. The topological polar surface area (TPSA) is 47.3 Å². The molecule has 4 heteroatoms. The van der Waals surface area contributed by atoms with Crippen molar-refractivity contribution in [2.75, 3.05) is 13.1 Å². The lowest BCUT2D eigenvalue weighted by Gasteiger charge is -2.23. The molecule has 0 spiro atoms. The Balaban J connectivity index is 1.90. The van der Waals surface area contributed by atoms with Crippen LogP contribution < -0.4 is 10.1 Å². The van der Waals surface area contributed by atoms with Gasteiger partial charge in [-0.1, -0.05) is 18.2 Å². The van der Waals surface area contributed by atoms with Gasteiger partial charge in [-0.25, -0.2) is 4.98 Å². The van der Waals surface area contributed by atoms with Crippen molar-refractivity contribution in [1.82, 2.24) is 10.3 Å². The van der Waals surface area contributed by atoms with E-state index in [4.69, 9.17) is 9.15 Å². The van der Waals surface area contributed by atoms with Crippen molar-refractivity contribution in [3.05, 3.63) is 47.7 Å². The van der Waals surface area contributed by atoms with Crippen molar-refractivity contribution in [2.45, 2.75) is 26.4 Å². The summed E-state index contributed by atoms with van der Waals surface area (Å²) in [4.78, 5) is 4.30. The van der Waals surface area contributed by atoms with Crippen LogP contribution in [0.4, 0.5) is 0 Å². The first-order valence-corrected chi connectivity index (χ1v) is 7.08. The maximum Gasteiger partial charge on any atom is 0.235 e. The Kier molecular flexibility index (Phi) is 3.74. The molecule has 2 aromatic rings. The summed E-state index contributed by atoms with van der Waals surface area (Å²) in [5.74, 6) is 2.01. The number of aromatic nitrogens is 1. The molecule has 2 heterocycles. The van der Waals surface area contributed by atoms with Gasteiger partial charge >= 0.3 is 0 Å². The van der Waals surface area contributed by atoms with E-state index in [0.29, 0.717) is 11.8 Å². The minimum atomic E-state index is -0.125. The van der Waals surface area contributed by atoms with E-state index in [0.717, 1.165) is 36.4 Å². The van der Waals surface area contributed by atoms with Crippen LogP contribution in [0.25, 0.3) is 0 Å². The van der Waals surface area contributed by atoms with Gasteiger partial charge in [0, 0.05) is 12.5 Å². The predicted molar refractivity (Wildman–Crippen MR) is 76.8 cm³/mol. The second kappa shape index (κ2) is 5.67. The lowest BCUT2D eigenvalue weighted by atomic mass is 10.0. The number of hydrogen-bond acceptors (Lipinski definition) is 4. The van der Waals surface area contributed by atoms with Gasteiger partial charge in [-0.3, -0.25) is 0 Å². The van der Waals surface area contributed by atoms with Gasteiger partial charge in [0.25, 0.3) is 0 Å². The molecule has 0 radical (unpaired) electrons. The number of nitrogens with one attached hydrogen (secondary N) is 1. The van der Waals surface area contributed by atoms with Crippen LogP contribution in [0.5, 0.6) is 5.75 Å². The first-order valence-electron chi connectivity index (χ1n) is 7.08. The summed E-state index contributed by atoms with van der Waals surface area (Å²) in [6, 6.07) is 6.19. The Hall–Kier alpha value is -1.81. The highest BCUT2D eigenvalue weighted by molar-refractivity contribution is 5.40. The summed E-state index contributed by atoms with van der Waals surface area (Å²) in [5, 5.41) is 3.38. The molecule has 106 valence electrons. The second-order valence-electron chi connectivity index (χ2n) is 5.38. The van der Waals surface area contributed by atoms with Gasteiger partial charge in [0.05, 0.1) is 6.20 Å². The van der Waals surface area contributed by atoms with Crippen LogP contribution in [0.1, 0.15) is 29.5 Å². The highest BCUT2D eigenvalue weighted by atomic mass is 16.5. The lowest BCUT2D eigenvalue weighted by Crippen LogP contribution is -2.22. The molecule has 2 atom stereocenters. The minimum Gasteiger partial charge on any atom is -0.480 e. The summed E-state index contributed by atoms with van der Waals surface area (Å²) in [6.07, 6.45) is 4.25. The van der Waals surface area contributed by atoms with Crippen molar-refractivity contribution < 1.29 is 9.15 Å². The van der Waals surface area contributed by atoms with Gasteiger partial charge < -0.3 is 14.5 Å². The van der Waals surface area contributed by atoms with Gasteiger partial charge in [0.1, 0.15) is 12.0 Å². The zero-order valence-electron chi connectivity index (χ0n) is 11.9. The molecule has 1 saturated heterocycles. The molecule has 1 aliphatic heterocycles. The molecule has 1 aliphatic rings. The number of hydrogen-bond donors (Lipinski definition) is 1. The van der Waals surface area contributed by atoms with Crippen LogP contribution in [0.15, 0.2) is 35.1 Å². The van der Waals surface area contributed by atoms with Crippen molar-refractivity contribution >= 4 is 0 Å². The Morgan fingerprint density at radius 2 is 2.15 bits per heavy atom. The molecule has 0 saturated carbocycles. The first-order chi connectivity index (χ1) is 9.75. The fraction of sp³-hybridized carbons (Fsp3) is 0.438. The van der Waals surface area contributed by atoms with Crippen LogP contribution in [0, 0.1) is 19.8 Å². The van der Waals surface area contributed by atoms with Crippen LogP contribution in [-0.2, 0) is 0 Å². The van der Waals surface area contributed by atoms with E-state index in [-0.39, 0.29) is 6.10 Å². The normalized spacial score (nSPS) is 20.0. The molecule has 0 bridgehead atoms. The number of oxazole rings is 1. The van der Waals surface area contributed by atoms with E-state index in [1.807, 2.05) is 0 Å². The van der Waals surface area contributed by atoms with Crippen molar-refractivity contribution in [1.29, 1.82) is 0 Å². The number of nitrogens with zero attached hydrogens (tertiary/aromatic N) is 1. The Morgan fingerprint density at radius 3 is 2.75 bits per heavy atom. The number of benzene rings is 1. The molecule has 4 nitrogen and oxygen atoms in total. The maximum atomic E-state index is 6.31. The van der Waals surface area contributed by atoms with Gasteiger partial charge in [0.2, 0.25) is 5.89 Å². The minimum absolute atomic E-state index is 0.125. The van der Waals surface area contributed by atoms with E-state index >= 15 is 0 Å².